The number of nitrogens with two attached hydrogens (primary N) is 1. The van der Waals surface area contributed by atoms with Gasteiger partial charge in [0.2, 0.25) is 0 Å². The second kappa shape index (κ2) is 5.85. The summed E-state index contributed by atoms with van der Waals surface area (Å²) in [5.41, 5.74) is 9.55. The van der Waals surface area contributed by atoms with Crippen molar-refractivity contribution in [2.45, 2.75) is 20.3 Å². The molecule has 2 N–H and O–H groups in total. The summed E-state index contributed by atoms with van der Waals surface area (Å²) in [6.45, 7) is 3.97. The second-order valence-electron chi connectivity index (χ2n) is 4.46. The van der Waals surface area contributed by atoms with Gasteiger partial charge in [0, 0.05) is 9.90 Å². The first-order valence-corrected chi connectivity index (χ1v) is 7.45. The van der Waals surface area contributed by atoms with E-state index < -0.39 is 5.97 Å². The number of hydrogen-bond acceptors (Lipinski definition) is 4. The van der Waals surface area contributed by atoms with Crippen LogP contribution in [0.25, 0.3) is 10.4 Å². The van der Waals surface area contributed by atoms with Crippen molar-refractivity contribution in [1.29, 1.82) is 0 Å². The lowest BCUT2D eigenvalue weighted by Crippen LogP contribution is -2.02. The van der Waals surface area contributed by atoms with Crippen LogP contribution in [0.2, 0.25) is 5.02 Å². The fourth-order valence-corrected chi connectivity index (χ4v) is 3.45. The summed E-state index contributed by atoms with van der Waals surface area (Å²) in [6, 6.07) is 5.86. The molecule has 2 aromatic rings. The summed E-state index contributed by atoms with van der Waals surface area (Å²) in [6.07, 6.45) is 0.750. The molecule has 0 fully saturated rings. The first-order valence-electron chi connectivity index (χ1n) is 6.25. The average Bonchev–Trinajstić information content (AvgIpc) is 2.78. The minimum Gasteiger partial charge on any atom is -0.465 e. The number of halogens is 1. The van der Waals surface area contributed by atoms with Gasteiger partial charge in [-0.15, -0.1) is 11.3 Å². The third-order valence-electron chi connectivity index (χ3n) is 3.21. The van der Waals surface area contributed by atoms with Crippen molar-refractivity contribution < 1.29 is 9.53 Å². The van der Waals surface area contributed by atoms with E-state index in [1.165, 1.54) is 18.4 Å². The molecule has 5 heteroatoms. The van der Waals surface area contributed by atoms with E-state index in [9.17, 15) is 4.79 Å². The normalized spacial score (nSPS) is 10.6. The van der Waals surface area contributed by atoms with Gasteiger partial charge >= 0.3 is 5.97 Å². The smallest absolute Gasteiger partial charge is 0.350 e. The fraction of sp³-hybridized carbons (Fsp3) is 0.267. The lowest BCUT2D eigenvalue weighted by Gasteiger charge is -2.05. The van der Waals surface area contributed by atoms with Crippen LogP contribution < -0.4 is 5.73 Å². The van der Waals surface area contributed by atoms with E-state index >= 15 is 0 Å². The minimum absolute atomic E-state index is 0.397. The van der Waals surface area contributed by atoms with Crippen molar-refractivity contribution >= 4 is 34.6 Å². The molecule has 0 radical (unpaired) electrons. The highest BCUT2D eigenvalue weighted by Gasteiger charge is 2.21. The maximum Gasteiger partial charge on any atom is 0.350 e. The van der Waals surface area contributed by atoms with Gasteiger partial charge in [-0.1, -0.05) is 30.7 Å². The number of rotatable bonds is 3. The molecule has 0 aliphatic heterocycles. The Balaban J connectivity index is 2.61. The van der Waals surface area contributed by atoms with Crippen LogP contribution in [0, 0.1) is 6.92 Å². The van der Waals surface area contributed by atoms with Crippen LogP contribution in [0.5, 0.6) is 0 Å². The molecule has 2 rings (SSSR count). The summed E-state index contributed by atoms with van der Waals surface area (Å²) in [5, 5.41) is 0.705. The molecule has 1 aromatic heterocycles. The Labute approximate surface area is 127 Å². The summed E-state index contributed by atoms with van der Waals surface area (Å²) < 4.78 is 4.77. The lowest BCUT2D eigenvalue weighted by atomic mass is 10.0. The van der Waals surface area contributed by atoms with Crippen molar-refractivity contribution in [1.82, 2.24) is 0 Å². The number of benzene rings is 1. The van der Waals surface area contributed by atoms with Crippen molar-refractivity contribution in [3.8, 4) is 10.4 Å². The molecular formula is C15H16ClNO2S. The SMILES string of the molecule is CCc1c(-c2ccc(C)c(Cl)c2)sc(C(=O)OC)c1N. The highest BCUT2D eigenvalue weighted by molar-refractivity contribution is 7.18. The zero-order chi connectivity index (χ0) is 14.9. The van der Waals surface area contributed by atoms with Crippen molar-refractivity contribution in [3.05, 3.63) is 39.2 Å². The van der Waals surface area contributed by atoms with Gasteiger partial charge in [-0.25, -0.2) is 4.79 Å². The third-order valence-corrected chi connectivity index (χ3v) is 4.89. The van der Waals surface area contributed by atoms with Crippen molar-refractivity contribution in [2.75, 3.05) is 12.8 Å². The van der Waals surface area contributed by atoms with E-state index in [4.69, 9.17) is 22.1 Å². The van der Waals surface area contributed by atoms with Crippen LogP contribution in [-0.4, -0.2) is 13.1 Å². The Hall–Kier alpha value is -1.52. The van der Waals surface area contributed by atoms with Gasteiger partial charge in [0.25, 0.3) is 0 Å². The quantitative estimate of drug-likeness (QED) is 0.860. The topological polar surface area (TPSA) is 52.3 Å². The number of ether oxygens (including phenoxy) is 1. The molecule has 0 unspecified atom stereocenters. The Morgan fingerprint density at radius 3 is 2.70 bits per heavy atom. The number of nitrogen functional groups attached to an aromatic ring is 1. The van der Waals surface area contributed by atoms with Crippen LogP contribution in [0.1, 0.15) is 27.7 Å². The van der Waals surface area contributed by atoms with E-state index in [-0.39, 0.29) is 0 Å². The molecule has 0 saturated carbocycles. The van der Waals surface area contributed by atoms with E-state index in [1.54, 1.807) is 0 Å². The molecule has 0 bridgehead atoms. The van der Waals surface area contributed by atoms with Crippen molar-refractivity contribution in [2.24, 2.45) is 0 Å². The standard InChI is InChI=1S/C15H16ClNO2S/c1-4-10-12(17)14(15(18)19-3)20-13(10)9-6-5-8(2)11(16)7-9/h5-7H,4,17H2,1-3H3. The summed E-state index contributed by atoms with van der Waals surface area (Å²) >= 11 is 7.53. The van der Waals surface area contributed by atoms with Gasteiger partial charge < -0.3 is 10.5 Å². The lowest BCUT2D eigenvalue weighted by molar-refractivity contribution is 0.0607. The number of methoxy groups -OCH3 is 1. The van der Waals surface area contributed by atoms with Gasteiger partial charge in [0.15, 0.2) is 0 Å². The Morgan fingerprint density at radius 1 is 1.45 bits per heavy atom. The Morgan fingerprint density at radius 2 is 2.15 bits per heavy atom. The van der Waals surface area contributed by atoms with Gasteiger partial charge in [-0.05, 0) is 36.1 Å². The zero-order valence-electron chi connectivity index (χ0n) is 11.6. The summed E-state index contributed by atoms with van der Waals surface area (Å²) in [4.78, 5) is 13.2. The average molecular weight is 310 g/mol. The maximum absolute atomic E-state index is 11.8. The molecule has 3 nitrogen and oxygen atoms in total. The van der Waals surface area contributed by atoms with Gasteiger partial charge in [-0.3, -0.25) is 0 Å². The Bertz CT molecular complexity index is 664. The van der Waals surface area contributed by atoms with Gasteiger partial charge in [0.05, 0.1) is 12.8 Å². The number of hydrogen-bond donors (Lipinski definition) is 1. The first-order chi connectivity index (χ1) is 9.49. The number of carbonyl (C=O) groups excluding carboxylic acids is 1. The molecule has 0 saturated heterocycles. The predicted octanol–water partition coefficient (Wildman–Crippen LogP) is 4.31. The zero-order valence-corrected chi connectivity index (χ0v) is 13.2. The van der Waals surface area contributed by atoms with E-state index in [0.29, 0.717) is 15.6 Å². The van der Waals surface area contributed by atoms with Gasteiger partial charge in [-0.2, -0.15) is 0 Å². The molecule has 1 heterocycles. The number of aryl methyl sites for hydroxylation is 1. The monoisotopic (exact) mass is 309 g/mol. The number of esters is 1. The van der Waals surface area contributed by atoms with E-state index in [2.05, 4.69) is 0 Å². The Kier molecular flexibility index (Phi) is 4.35. The van der Waals surface area contributed by atoms with Crippen LogP contribution in [0.15, 0.2) is 18.2 Å². The van der Waals surface area contributed by atoms with E-state index in [0.717, 1.165) is 28.0 Å². The minimum atomic E-state index is -0.397. The predicted molar refractivity (Wildman–Crippen MR) is 84.6 cm³/mol. The summed E-state index contributed by atoms with van der Waals surface area (Å²) in [7, 11) is 1.36. The van der Waals surface area contributed by atoms with Crippen molar-refractivity contribution in [3.63, 3.8) is 0 Å². The first kappa shape index (κ1) is 14.9. The molecule has 0 amide bonds. The highest BCUT2D eigenvalue weighted by Crippen LogP contribution is 2.40. The van der Waals surface area contributed by atoms with E-state index in [1.807, 2.05) is 32.0 Å². The largest absolute Gasteiger partial charge is 0.465 e. The molecule has 20 heavy (non-hydrogen) atoms. The third kappa shape index (κ3) is 2.53. The molecule has 0 atom stereocenters. The summed E-state index contributed by atoms with van der Waals surface area (Å²) in [5.74, 6) is -0.397. The van der Waals surface area contributed by atoms with Crippen LogP contribution in [-0.2, 0) is 11.2 Å². The fourth-order valence-electron chi connectivity index (χ4n) is 2.04. The second-order valence-corrected chi connectivity index (χ2v) is 5.89. The molecule has 0 spiro atoms. The molecule has 0 aliphatic rings. The number of anilines is 1. The van der Waals surface area contributed by atoms with Gasteiger partial charge in [0.1, 0.15) is 4.88 Å². The maximum atomic E-state index is 11.8. The number of carbonyl (C=O) groups is 1. The highest BCUT2D eigenvalue weighted by atomic mass is 35.5. The molecule has 0 aliphatic carbocycles. The molecule has 1 aromatic carbocycles. The van der Waals surface area contributed by atoms with Crippen LogP contribution in [0.4, 0.5) is 5.69 Å². The molecule has 106 valence electrons. The number of thiophene rings is 1. The van der Waals surface area contributed by atoms with Crippen LogP contribution >= 0.6 is 22.9 Å². The molecular weight excluding hydrogens is 294 g/mol. The van der Waals surface area contributed by atoms with Crippen LogP contribution in [0.3, 0.4) is 0 Å².